The van der Waals surface area contributed by atoms with Gasteiger partial charge in [0, 0.05) is 23.7 Å². The zero-order valence-electron chi connectivity index (χ0n) is 11.7. The number of hydrazone groups is 1. The van der Waals surface area contributed by atoms with Gasteiger partial charge in [-0.2, -0.15) is 5.10 Å². The summed E-state index contributed by atoms with van der Waals surface area (Å²) in [5.74, 6) is -1.23. The minimum absolute atomic E-state index is 0.520. The smallest absolute Gasteiger partial charge is 0.329 e. The van der Waals surface area contributed by atoms with Gasteiger partial charge in [-0.25, -0.2) is 5.43 Å². The van der Waals surface area contributed by atoms with Crippen molar-refractivity contribution in [1.82, 2.24) is 10.3 Å². The average Bonchev–Trinajstić information content (AvgIpc) is 2.77. The van der Waals surface area contributed by atoms with Gasteiger partial charge in [0.1, 0.15) is 0 Å². The molecule has 0 unspecified atom stereocenters. The van der Waals surface area contributed by atoms with Crippen LogP contribution in [0.15, 0.2) is 29.4 Å². The van der Waals surface area contributed by atoms with Crippen LogP contribution in [0.3, 0.4) is 0 Å². The van der Waals surface area contributed by atoms with Crippen molar-refractivity contribution in [2.45, 2.75) is 25.7 Å². The number of carbonyl (C=O) groups is 2. The molecule has 112 valence electrons. The van der Waals surface area contributed by atoms with Gasteiger partial charge in [-0.05, 0) is 18.9 Å². The van der Waals surface area contributed by atoms with Crippen LogP contribution in [-0.4, -0.2) is 36.0 Å². The van der Waals surface area contributed by atoms with Crippen molar-refractivity contribution in [3.05, 3.63) is 34.9 Å². The molecule has 0 atom stereocenters. The van der Waals surface area contributed by atoms with Gasteiger partial charge in [-0.1, -0.05) is 42.6 Å². The number of halogens is 1. The van der Waals surface area contributed by atoms with Crippen molar-refractivity contribution in [2.24, 2.45) is 5.10 Å². The number of nitrogens with one attached hydrogen (secondary N) is 1. The number of hydrogen-bond acceptors (Lipinski definition) is 3. The van der Waals surface area contributed by atoms with Crippen LogP contribution in [0.4, 0.5) is 0 Å². The fourth-order valence-electron chi connectivity index (χ4n) is 2.21. The number of carbonyl (C=O) groups excluding carboxylic acids is 2. The Kier molecular flexibility index (Phi) is 5.75. The Morgan fingerprint density at radius 1 is 1.14 bits per heavy atom. The standard InChI is InChI=1S/C15H18ClN3O2/c16-13-8-4-3-7-12(13)11-17-18-14(20)15(21)19-9-5-1-2-6-10-19/h3-4,7-8,11H,1-2,5-6,9-10H2,(H,18,20)/b17-11-. The molecule has 1 N–H and O–H groups in total. The molecule has 1 aliphatic rings. The second kappa shape index (κ2) is 7.78. The molecule has 0 aromatic heterocycles. The lowest BCUT2D eigenvalue weighted by molar-refractivity contribution is -0.145. The predicted molar refractivity (Wildman–Crippen MR) is 82.2 cm³/mol. The molecule has 0 bridgehead atoms. The third-order valence-electron chi connectivity index (χ3n) is 3.36. The molecule has 0 spiro atoms. The van der Waals surface area contributed by atoms with Gasteiger partial charge in [-0.3, -0.25) is 9.59 Å². The van der Waals surface area contributed by atoms with E-state index in [9.17, 15) is 9.59 Å². The van der Waals surface area contributed by atoms with Gasteiger partial charge in [0.2, 0.25) is 0 Å². The highest BCUT2D eigenvalue weighted by molar-refractivity contribution is 6.35. The van der Waals surface area contributed by atoms with E-state index in [0.717, 1.165) is 25.7 Å². The molecule has 2 rings (SSSR count). The minimum atomic E-state index is -0.708. The SMILES string of the molecule is O=C(N/N=C\c1ccccc1Cl)C(=O)N1CCCCCC1. The van der Waals surface area contributed by atoms with E-state index >= 15 is 0 Å². The molecule has 1 aliphatic heterocycles. The molecule has 6 heteroatoms. The predicted octanol–water partition coefficient (Wildman–Crippen LogP) is 2.19. The Bertz CT molecular complexity index is 537. The maximum Gasteiger partial charge on any atom is 0.329 e. The zero-order valence-corrected chi connectivity index (χ0v) is 12.5. The normalized spacial score (nSPS) is 15.8. The van der Waals surface area contributed by atoms with Crippen molar-refractivity contribution in [2.75, 3.05) is 13.1 Å². The summed E-state index contributed by atoms with van der Waals surface area (Å²) in [6.07, 6.45) is 5.53. The van der Waals surface area contributed by atoms with Crippen LogP contribution in [0.25, 0.3) is 0 Å². The summed E-state index contributed by atoms with van der Waals surface area (Å²) in [6, 6.07) is 7.13. The molecule has 1 heterocycles. The molecule has 21 heavy (non-hydrogen) atoms. The molecule has 1 aromatic rings. The van der Waals surface area contributed by atoms with Gasteiger partial charge < -0.3 is 4.90 Å². The van der Waals surface area contributed by atoms with Crippen molar-refractivity contribution in [1.29, 1.82) is 0 Å². The van der Waals surface area contributed by atoms with E-state index < -0.39 is 11.8 Å². The lowest BCUT2D eigenvalue weighted by Crippen LogP contribution is -2.41. The number of hydrogen-bond donors (Lipinski definition) is 1. The summed E-state index contributed by atoms with van der Waals surface area (Å²) in [5.41, 5.74) is 2.94. The van der Waals surface area contributed by atoms with Crippen LogP contribution < -0.4 is 5.43 Å². The van der Waals surface area contributed by atoms with E-state index in [1.165, 1.54) is 6.21 Å². The molecular weight excluding hydrogens is 290 g/mol. The van der Waals surface area contributed by atoms with Gasteiger partial charge in [0.05, 0.1) is 6.21 Å². The molecule has 0 saturated carbocycles. The van der Waals surface area contributed by atoms with Gasteiger partial charge in [-0.15, -0.1) is 0 Å². The van der Waals surface area contributed by atoms with Crippen LogP contribution in [-0.2, 0) is 9.59 Å². The van der Waals surface area contributed by atoms with Crippen LogP contribution in [0.1, 0.15) is 31.2 Å². The average molecular weight is 308 g/mol. The molecule has 0 aliphatic carbocycles. The first-order chi connectivity index (χ1) is 10.2. The summed E-state index contributed by atoms with van der Waals surface area (Å²) in [5, 5.41) is 4.32. The molecule has 2 amide bonds. The summed E-state index contributed by atoms with van der Waals surface area (Å²) < 4.78 is 0. The molecule has 1 aromatic carbocycles. The van der Waals surface area contributed by atoms with Gasteiger partial charge in [0.25, 0.3) is 0 Å². The topological polar surface area (TPSA) is 61.8 Å². The minimum Gasteiger partial charge on any atom is -0.334 e. The Morgan fingerprint density at radius 2 is 1.81 bits per heavy atom. The van der Waals surface area contributed by atoms with E-state index in [1.807, 2.05) is 6.07 Å². The number of nitrogens with zero attached hydrogens (tertiary/aromatic N) is 2. The van der Waals surface area contributed by atoms with Crippen molar-refractivity contribution >= 4 is 29.6 Å². The highest BCUT2D eigenvalue weighted by atomic mass is 35.5. The molecule has 5 nitrogen and oxygen atoms in total. The van der Waals surface area contributed by atoms with E-state index in [-0.39, 0.29) is 0 Å². The fourth-order valence-corrected chi connectivity index (χ4v) is 2.39. The third-order valence-corrected chi connectivity index (χ3v) is 3.71. The summed E-state index contributed by atoms with van der Waals surface area (Å²) in [4.78, 5) is 25.3. The molecule has 0 radical (unpaired) electrons. The first kappa shape index (κ1) is 15.5. The first-order valence-electron chi connectivity index (χ1n) is 7.05. The monoisotopic (exact) mass is 307 g/mol. The van der Waals surface area contributed by atoms with Gasteiger partial charge in [0.15, 0.2) is 0 Å². The molecule has 1 fully saturated rings. The van der Waals surface area contributed by atoms with E-state index in [1.54, 1.807) is 23.1 Å². The number of likely N-dealkylation sites (tertiary alicyclic amines) is 1. The largest absolute Gasteiger partial charge is 0.334 e. The lowest BCUT2D eigenvalue weighted by atomic mass is 10.2. The Balaban J connectivity index is 1.89. The number of benzene rings is 1. The quantitative estimate of drug-likeness (QED) is 0.517. The van der Waals surface area contributed by atoms with Crippen LogP contribution in [0.5, 0.6) is 0 Å². The van der Waals surface area contributed by atoms with Crippen LogP contribution >= 0.6 is 11.6 Å². The van der Waals surface area contributed by atoms with Crippen LogP contribution in [0.2, 0.25) is 5.02 Å². The van der Waals surface area contributed by atoms with Crippen molar-refractivity contribution in [3.8, 4) is 0 Å². The second-order valence-corrected chi connectivity index (χ2v) is 5.33. The van der Waals surface area contributed by atoms with E-state index in [0.29, 0.717) is 23.7 Å². The summed E-state index contributed by atoms with van der Waals surface area (Å²) in [7, 11) is 0. The highest BCUT2D eigenvalue weighted by Gasteiger charge is 2.22. The summed E-state index contributed by atoms with van der Waals surface area (Å²) in [6.45, 7) is 1.28. The van der Waals surface area contributed by atoms with E-state index in [4.69, 9.17) is 11.6 Å². The molecule has 1 saturated heterocycles. The van der Waals surface area contributed by atoms with Crippen molar-refractivity contribution in [3.63, 3.8) is 0 Å². The van der Waals surface area contributed by atoms with Gasteiger partial charge >= 0.3 is 11.8 Å². The lowest BCUT2D eigenvalue weighted by Gasteiger charge is -2.18. The number of rotatable bonds is 2. The fraction of sp³-hybridized carbons (Fsp3) is 0.400. The highest BCUT2D eigenvalue weighted by Crippen LogP contribution is 2.12. The Morgan fingerprint density at radius 3 is 2.48 bits per heavy atom. The van der Waals surface area contributed by atoms with Crippen LogP contribution in [0, 0.1) is 0 Å². The van der Waals surface area contributed by atoms with Crippen molar-refractivity contribution < 1.29 is 9.59 Å². The maximum absolute atomic E-state index is 12.0. The Labute approximate surface area is 129 Å². The third kappa shape index (κ3) is 4.56. The maximum atomic E-state index is 12.0. The van der Waals surface area contributed by atoms with E-state index in [2.05, 4.69) is 10.5 Å². The number of amides is 2. The second-order valence-electron chi connectivity index (χ2n) is 4.93. The Hall–Kier alpha value is -1.88. The summed E-state index contributed by atoms with van der Waals surface area (Å²) >= 11 is 5.96. The first-order valence-corrected chi connectivity index (χ1v) is 7.43. The zero-order chi connectivity index (χ0) is 15.1. The molecular formula is C15H18ClN3O2.